The Labute approximate surface area is 217 Å². The Balaban J connectivity index is 0.00000158. The molecule has 0 bridgehead atoms. The first kappa shape index (κ1) is 26.7. The zero-order valence-electron chi connectivity index (χ0n) is 19.9. The number of aliphatic imine (C=N–C) groups is 2. The predicted molar refractivity (Wildman–Crippen MR) is 150 cm³/mol. The molecule has 4 rings (SSSR count). The fourth-order valence-corrected chi connectivity index (χ4v) is 5.08. The number of amidine groups is 1. The highest BCUT2D eigenvalue weighted by atomic mass is 79.9. The van der Waals surface area contributed by atoms with Crippen LogP contribution < -0.4 is 21.1 Å². The van der Waals surface area contributed by atoms with Crippen molar-refractivity contribution in [2.75, 3.05) is 32.0 Å². The summed E-state index contributed by atoms with van der Waals surface area (Å²) >= 11 is 4.68. The number of fused-ring (bicyclic) bond motifs is 1. The maximum absolute atomic E-state index is 5.68. The van der Waals surface area contributed by atoms with Crippen LogP contribution in [0.15, 0.2) is 81.3 Å². The lowest BCUT2D eigenvalue weighted by Gasteiger charge is -2.30. The number of allylic oxidation sites excluding steroid dienone is 4. The fourth-order valence-electron chi connectivity index (χ4n) is 4.30. The number of rotatable bonds is 8. The monoisotopic (exact) mass is 544 g/mol. The van der Waals surface area contributed by atoms with Gasteiger partial charge in [0.25, 0.3) is 0 Å². The topological polar surface area (TPSA) is 86.8 Å². The lowest BCUT2D eigenvalue weighted by Crippen LogP contribution is -2.51. The average Bonchev–Trinajstić information content (AvgIpc) is 3.14. The Morgan fingerprint density at radius 1 is 1.00 bits per heavy atom. The number of nitrogens with zero attached hydrogens (tertiary/aromatic N) is 2. The van der Waals surface area contributed by atoms with E-state index in [-0.39, 0.29) is 5.92 Å². The van der Waals surface area contributed by atoms with E-state index in [1.165, 1.54) is 30.6 Å². The second-order valence-electron chi connectivity index (χ2n) is 8.51. The molecule has 1 aromatic carbocycles. The first-order valence-corrected chi connectivity index (χ1v) is 14.4. The van der Waals surface area contributed by atoms with Crippen LogP contribution in [-0.2, 0) is 0 Å². The number of guanidine groups is 1. The highest BCUT2D eigenvalue weighted by molar-refractivity contribution is 9.08. The zero-order valence-corrected chi connectivity index (χ0v) is 22.3. The van der Waals surface area contributed by atoms with Crippen LogP contribution in [0.5, 0.6) is 0 Å². The maximum atomic E-state index is 5.68. The fraction of sp³-hybridized carbons (Fsp3) is 0.462. The molecular weight excluding hydrogens is 508 g/mol. The van der Waals surface area contributed by atoms with Gasteiger partial charge in [-0.25, -0.2) is 0 Å². The van der Waals surface area contributed by atoms with Gasteiger partial charge in [-0.3, -0.25) is 14.7 Å². The minimum absolute atomic E-state index is 0.104. The molecule has 0 amide bonds. The summed E-state index contributed by atoms with van der Waals surface area (Å²) in [5.41, 5.74) is 6.78. The number of benzene rings is 1. The number of nitrogens with two attached hydrogens (primary N) is 1. The third-order valence-corrected chi connectivity index (χ3v) is 6.95. The van der Waals surface area contributed by atoms with Crippen molar-refractivity contribution in [3.05, 3.63) is 66.4 Å². The number of hydrogen-bond donors (Lipinski definition) is 4. The van der Waals surface area contributed by atoms with Gasteiger partial charge >= 0.3 is 0 Å². The van der Waals surface area contributed by atoms with E-state index in [0.29, 0.717) is 19.0 Å². The molecule has 1 aliphatic heterocycles. The normalized spacial score (nSPS) is 26.0. The maximum Gasteiger partial charge on any atom is 0.201 e. The van der Waals surface area contributed by atoms with E-state index in [0.717, 1.165) is 36.5 Å². The van der Waals surface area contributed by atoms with Gasteiger partial charge < -0.3 is 16.4 Å². The van der Waals surface area contributed by atoms with Crippen LogP contribution in [0, 0.1) is 17.8 Å². The van der Waals surface area contributed by atoms with Crippen LogP contribution in [-0.4, -0.2) is 43.8 Å². The molecule has 8 heteroatoms. The molecular formula is C26H37BrN6S. The SMILES string of the molecule is CBr.NCCN=C1NC(=NCC2CCC(CNSc3ccccc3)CC2)NC2=CC=CC=CC21. The van der Waals surface area contributed by atoms with Crippen molar-refractivity contribution >= 4 is 39.7 Å². The summed E-state index contributed by atoms with van der Waals surface area (Å²) in [6.07, 6.45) is 15.4. The summed E-state index contributed by atoms with van der Waals surface area (Å²) in [6, 6.07) is 10.5. The minimum atomic E-state index is 0.104. The van der Waals surface area contributed by atoms with Crippen LogP contribution in [0.3, 0.4) is 0 Å². The van der Waals surface area contributed by atoms with E-state index in [1.807, 2.05) is 18.0 Å². The molecule has 1 unspecified atom stereocenters. The van der Waals surface area contributed by atoms with Gasteiger partial charge in [0, 0.05) is 30.2 Å². The summed E-state index contributed by atoms with van der Waals surface area (Å²) in [5.74, 6) is 5.04. The molecule has 6 nitrogen and oxygen atoms in total. The van der Waals surface area contributed by atoms with E-state index >= 15 is 0 Å². The quantitative estimate of drug-likeness (QED) is 0.283. The smallest absolute Gasteiger partial charge is 0.201 e. The molecule has 0 spiro atoms. The largest absolute Gasteiger partial charge is 0.329 e. The number of hydrogen-bond acceptors (Lipinski definition) is 5. The third kappa shape index (κ3) is 8.41. The van der Waals surface area contributed by atoms with Gasteiger partial charge in [0.15, 0.2) is 0 Å². The van der Waals surface area contributed by atoms with Gasteiger partial charge in [0.05, 0.1) is 12.5 Å². The second kappa shape index (κ2) is 15.2. The summed E-state index contributed by atoms with van der Waals surface area (Å²) in [4.78, 5) is 10.8. The molecule has 1 saturated carbocycles. The molecule has 0 radical (unpaired) electrons. The van der Waals surface area contributed by atoms with Crippen molar-refractivity contribution < 1.29 is 0 Å². The summed E-state index contributed by atoms with van der Waals surface area (Å²) < 4.78 is 3.55. The van der Waals surface area contributed by atoms with Crippen LogP contribution >= 0.6 is 27.9 Å². The second-order valence-corrected chi connectivity index (χ2v) is 9.48. The summed E-state index contributed by atoms with van der Waals surface area (Å²) in [5, 5.41) is 6.87. The lowest BCUT2D eigenvalue weighted by atomic mass is 9.82. The van der Waals surface area contributed by atoms with E-state index in [4.69, 9.17) is 10.7 Å². The lowest BCUT2D eigenvalue weighted by molar-refractivity contribution is 0.282. The molecule has 5 N–H and O–H groups in total. The van der Waals surface area contributed by atoms with Crippen LogP contribution in [0.25, 0.3) is 0 Å². The number of halogens is 1. The average molecular weight is 546 g/mol. The van der Waals surface area contributed by atoms with Gasteiger partial charge in [-0.1, -0.05) is 58.4 Å². The van der Waals surface area contributed by atoms with Gasteiger partial charge in [-0.05, 0) is 73.5 Å². The molecule has 34 heavy (non-hydrogen) atoms. The van der Waals surface area contributed by atoms with Gasteiger partial charge in [0.2, 0.25) is 5.96 Å². The Bertz CT molecular complexity index is 888. The molecule has 2 aliphatic carbocycles. The number of nitrogens with one attached hydrogen (secondary N) is 3. The van der Waals surface area contributed by atoms with Crippen molar-refractivity contribution in [2.45, 2.75) is 30.6 Å². The Morgan fingerprint density at radius 2 is 1.76 bits per heavy atom. The van der Waals surface area contributed by atoms with E-state index in [9.17, 15) is 0 Å². The highest BCUT2D eigenvalue weighted by Gasteiger charge is 2.27. The highest BCUT2D eigenvalue weighted by Crippen LogP contribution is 2.29. The summed E-state index contributed by atoms with van der Waals surface area (Å²) in [6.45, 7) is 3.07. The standard InChI is InChI=1S/C25H34N6S.CH3Br/c26-15-16-27-24-22-9-5-2-6-10-23(22)30-25(31-24)28-17-19-11-13-20(14-12-19)18-29-32-21-7-3-1-4-8-21;1-2/h1-10,19-20,22,29H,11-18,26H2,(H2,27,28,30,31);1H3. The van der Waals surface area contributed by atoms with Crippen LogP contribution in [0.1, 0.15) is 25.7 Å². The molecule has 2 fully saturated rings. The van der Waals surface area contributed by atoms with Crippen LogP contribution in [0.2, 0.25) is 0 Å². The molecule has 3 aliphatic rings. The van der Waals surface area contributed by atoms with Gasteiger partial charge in [-0.2, -0.15) is 0 Å². The van der Waals surface area contributed by atoms with Gasteiger partial charge in [0.1, 0.15) is 5.84 Å². The van der Waals surface area contributed by atoms with Crippen molar-refractivity contribution in [3.8, 4) is 0 Å². The Morgan fingerprint density at radius 3 is 2.53 bits per heavy atom. The summed E-state index contributed by atoms with van der Waals surface area (Å²) in [7, 11) is 0. The molecule has 1 saturated heterocycles. The number of alkyl halides is 1. The third-order valence-electron chi connectivity index (χ3n) is 6.13. The van der Waals surface area contributed by atoms with E-state index < -0.39 is 0 Å². The van der Waals surface area contributed by atoms with E-state index in [1.54, 1.807) is 11.9 Å². The molecule has 1 atom stereocenters. The Kier molecular flexibility index (Phi) is 11.9. The molecule has 0 aromatic heterocycles. The van der Waals surface area contributed by atoms with Crippen molar-refractivity contribution in [1.29, 1.82) is 0 Å². The molecule has 184 valence electrons. The van der Waals surface area contributed by atoms with Crippen molar-refractivity contribution in [1.82, 2.24) is 15.4 Å². The predicted octanol–water partition coefficient (Wildman–Crippen LogP) is 4.63. The van der Waals surface area contributed by atoms with Crippen molar-refractivity contribution in [2.24, 2.45) is 33.5 Å². The van der Waals surface area contributed by atoms with Crippen molar-refractivity contribution in [3.63, 3.8) is 0 Å². The molecule has 1 heterocycles. The van der Waals surface area contributed by atoms with Crippen LogP contribution in [0.4, 0.5) is 0 Å². The van der Waals surface area contributed by atoms with E-state index in [2.05, 4.69) is 84.8 Å². The minimum Gasteiger partial charge on any atom is -0.329 e. The molecule has 1 aromatic rings. The zero-order chi connectivity index (χ0) is 24.0. The first-order valence-electron chi connectivity index (χ1n) is 12.0. The first-order chi connectivity index (χ1) is 16.8. The Hall–Kier alpha value is -1.87. The van der Waals surface area contributed by atoms with Gasteiger partial charge in [-0.15, -0.1) is 0 Å².